The standard InChI is InChI=1S/C18H34N8S2/c1-17(2,7-5-15-19-23-24-20-15)9-11-27-13-14-28-12-10-18(3,4)8-6-16-21-25-26-22-16/h5-14H2,1-4H3,(H,19,20,23,24)(H,21,22,25,26). The number of tetrazole rings is 2. The van der Waals surface area contributed by atoms with E-state index in [1.54, 1.807) is 0 Å². The van der Waals surface area contributed by atoms with Gasteiger partial charge in [-0.15, -0.1) is 20.4 Å². The normalized spacial score (nSPS) is 12.6. The molecule has 0 saturated heterocycles. The van der Waals surface area contributed by atoms with E-state index in [1.807, 2.05) is 0 Å². The molecule has 2 aromatic rings. The van der Waals surface area contributed by atoms with Gasteiger partial charge < -0.3 is 0 Å². The summed E-state index contributed by atoms with van der Waals surface area (Å²) in [5.41, 5.74) is 0.646. The minimum absolute atomic E-state index is 0.323. The van der Waals surface area contributed by atoms with Crippen molar-refractivity contribution < 1.29 is 0 Å². The minimum Gasteiger partial charge on any atom is -0.177 e. The Morgan fingerprint density at radius 2 is 1.07 bits per heavy atom. The predicted molar refractivity (Wildman–Crippen MR) is 116 cm³/mol. The molecule has 0 aliphatic rings. The van der Waals surface area contributed by atoms with Gasteiger partial charge in [-0.05, 0) is 48.0 Å². The molecule has 2 aromatic heterocycles. The van der Waals surface area contributed by atoms with Crippen molar-refractivity contribution in [2.75, 3.05) is 23.0 Å². The van der Waals surface area contributed by atoms with Gasteiger partial charge >= 0.3 is 0 Å². The van der Waals surface area contributed by atoms with E-state index >= 15 is 0 Å². The summed E-state index contributed by atoms with van der Waals surface area (Å²) in [5, 5.41) is 28.4. The van der Waals surface area contributed by atoms with E-state index in [0.717, 1.165) is 37.3 Å². The Kier molecular flexibility index (Phi) is 9.70. The van der Waals surface area contributed by atoms with Crippen LogP contribution in [0.15, 0.2) is 0 Å². The van der Waals surface area contributed by atoms with Crippen LogP contribution >= 0.6 is 23.5 Å². The number of aryl methyl sites for hydroxylation is 2. The molecule has 2 N–H and O–H groups in total. The van der Waals surface area contributed by atoms with Crippen molar-refractivity contribution in [2.45, 2.75) is 66.2 Å². The van der Waals surface area contributed by atoms with Gasteiger partial charge in [0.15, 0.2) is 11.6 Å². The number of thioether (sulfide) groups is 2. The molecular weight excluding hydrogens is 392 g/mol. The second-order valence-electron chi connectivity index (χ2n) is 8.71. The van der Waals surface area contributed by atoms with Gasteiger partial charge in [0.05, 0.1) is 0 Å². The smallest absolute Gasteiger partial charge is 0.174 e. The van der Waals surface area contributed by atoms with Crippen LogP contribution in [0, 0.1) is 10.8 Å². The Bertz CT molecular complexity index is 572. The Morgan fingerprint density at radius 3 is 1.43 bits per heavy atom. The summed E-state index contributed by atoms with van der Waals surface area (Å²) < 4.78 is 0. The van der Waals surface area contributed by atoms with E-state index in [9.17, 15) is 0 Å². The molecule has 0 bridgehead atoms. The Hall–Kier alpha value is -1.16. The molecule has 0 aromatic carbocycles. The molecule has 10 heteroatoms. The maximum absolute atomic E-state index is 4.03. The summed E-state index contributed by atoms with van der Waals surface area (Å²) in [6.07, 6.45) is 6.44. The summed E-state index contributed by atoms with van der Waals surface area (Å²) in [6.45, 7) is 9.33. The second kappa shape index (κ2) is 11.7. The molecule has 0 unspecified atom stereocenters. The van der Waals surface area contributed by atoms with Crippen LogP contribution in [-0.4, -0.2) is 64.3 Å². The first kappa shape index (κ1) is 23.1. The van der Waals surface area contributed by atoms with E-state index in [0.29, 0.717) is 10.8 Å². The van der Waals surface area contributed by atoms with E-state index in [4.69, 9.17) is 0 Å². The number of H-pyrrole nitrogens is 2. The molecule has 0 amide bonds. The van der Waals surface area contributed by atoms with Crippen LogP contribution in [0.2, 0.25) is 0 Å². The highest BCUT2D eigenvalue weighted by atomic mass is 32.2. The predicted octanol–water partition coefficient (Wildman–Crippen LogP) is 3.58. The van der Waals surface area contributed by atoms with E-state index in [1.165, 1.54) is 35.9 Å². The lowest BCUT2D eigenvalue weighted by atomic mass is 9.85. The quantitative estimate of drug-likeness (QED) is 0.416. The van der Waals surface area contributed by atoms with Gasteiger partial charge in [0.2, 0.25) is 0 Å². The van der Waals surface area contributed by atoms with Crippen LogP contribution in [0.4, 0.5) is 0 Å². The zero-order valence-electron chi connectivity index (χ0n) is 17.6. The zero-order valence-corrected chi connectivity index (χ0v) is 19.2. The number of hydrogen-bond acceptors (Lipinski definition) is 8. The summed E-state index contributed by atoms with van der Waals surface area (Å²) in [5.74, 6) is 6.53. The van der Waals surface area contributed by atoms with Crippen molar-refractivity contribution in [1.29, 1.82) is 0 Å². The highest BCUT2D eigenvalue weighted by Crippen LogP contribution is 2.30. The first-order valence-electron chi connectivity index (χ1n) is 9.96. The van der Waals surface area contributed by atoms with Crippen LogP contribution in [0.5, 0.6) is 0 Å². The molecule has 0 atom stereocenters. The van der Waals surface area contributed by atoms with E-state index < -0.39 is 0 Å². The summed E-state index contributed by atoms with van der Waals surface area (Å²) in [7, 11) is 0. The lowest BCUT2D eigenvalue weighted by Gasteiger charge is -2.24. The van der Waals surface area contributed by atoms with E-state index in [2.05, 4.69) is 92.5 Å². The van der Waals surface area contributed by atoms with Gasteiger partial charge in [0.1, 0.15) is 0 Å². The lowest BCUT2D eigenvalue weighted by Crippen LogP contribution is -2.15. The second-order valence-corrected chi connectivity index (χ2v) is 11.2. The summed E-state index contributed by atoms with van der Waals surface area (Å²) >= 11 is 4.14. The fourth-order valence-electron chi connectivity index (χ4n) is 2.75. The van der Waals surface area contributed by atoms with Crippen molar-refractivity contribution in [3.05, 3.63) is 11.6 Å². The van der Waals surface area contributed by atoms with Crippen molar-refractivity contribution in [3.8, 4) is 0 Å². The fraction of sp³-hybridized carbons (Fsp3) is 0.889. The average Bonchev–Trinajstić information content (AvgIpc) is 3.34. The molecule has 158 valence electrons. The zero-order chi connectivity index (χ0) is 20.3. The number of rotatable bonds is 15. The Labute approximate surface area is 176 Å². The molecular formula is C18H34N8S2. The molecule has 0 radical (unpaired) electrons. The molecule has 0 fully saturated rings. The van der Waals surface area contributed by atoms with Crippen molar-refractivity contribution in [2.24, 2.45) is 10.8 Å². The number of nitrogens with zero attached hydrogens (tertiary/aromatic N) is 6. The molecule has 0 saturated carbocycles. The van der Waals surface area contributed by atoms with Crippen molar-refractivity contribution >= 4 is 23.5 Å². The van der Waals surface area contributed by atoms with Crippen molar-refractivity contribution in [1.82, 2.24) is 41.2 Å². The first-order chi connectivity index (χ1) is 13.4. The highest BCUT2D eigenvalue weighted by molar-refractivity contribution is 8.02. The van der Waals surface area contributed by atoms with Gasteiger partial charge in [0.25, 0.3) is 0 Å². The van der Waals surface area contributed by atoms with Gasteiger partial charge in [-0.1, -0.05) is 38.1 Å². The first-order valence-corrected chi connectivity index (χ1v) is 12.3. The summed E-state index contributed by atoms with van der Waals surface area (Å²) in [4.78, 5) is 0. The largest absolute Gasteiger partial charge is 0.177 e. The van der Waals surface area contributed by atoms with Gasteiger partial charge in [0, 0.05) is 24.3 Å². The van der Waals surface area contributed by atoms with Gasteiger partial charge in [-0.2, -0.15) is 34.0 Å². The van der Waals surface area contributed by atoms with Crippen LogP contribution in [-0.2, 0) is 12.8 Å². The topological polar surface area (TPSA) is 109 Å². The van der Waals surface area contributed by atoms with Gasteiger partial charge in [-0.3, -0.25) is 0 Å². The Balaban J connectivity index is 1.45. The van der Waals surface area contributed by atoms with Crippen LogP contribution < -0.4 is 0 Å². The molecule has 2 rings (SSSR count). The highest BCUT2D eigenvalue weighted by Gasteiger charge is 2.19. The van der Waals surface area contributed by atoms with Crippen LogP contribution in [0.1, 0.15) is 65.0 Å². The van der Waals surface area contributed by atoms with Gasteiger partial charge in [-0.25, -0.2) is 0 Å². The number of hydrogen-bond donors (Lipinski definition) is 2. The number of aromatic amines is 2. The van der Waals surface area contributed by atoms with Crippen LogP contribution in [0.25, 0.3) is 0 Å². The SMILES string of the molecule is CC(C)(CCSCCSCCC(C)(C)CCc1nn[nH]n1)CCc1nn[nH]n1. The summed E-state index contributed by atoms with van der Waals surface area (Å²) in [6, 6.07) is 0. The van der Waals surface area contributed by atoms with E-state index in [-0.39, 0.29) is 0 Å². The maximum Gasteiger partial charge on any atom is 0.174 e. The third-order valence-electron chi connectivity index (χ3n) is 5.05. The average molecular weight is 427 g/mol. The molecule has 8 nitrogen and oxygen atoms in total. The third kappa shape index (κ3) is 9.86. The monoisotopic (exact) mass is 426 g/mol. The molecule has 28 heavy (non-hydrogen) atoms. The number of aromatic nitrogens is 8. The Morgan fingerprint density at radius 1 is 0.643 bits per heavy atom. The maximum atomic E-state index is 4.03. The molecule has 2 heterocycles. The molecule has 0 spiro atoms. The lowest BCUT2D eigenvalue weighted by molar-refractivity contribution is 0.322. The molecule has 0 aliphatic carbocycles. The minimum atomic E-state index is 0.323. The third-order valence-corrected chi connectivity index (χ3v) is 7.28. The van der Waals surface area contributed by atoms with Crippen molar-refractivity contribution in [3.63, 3.8) is 0 Å². The fourth-order valence-corrected chi connectivity index (χ4v) is 5.49. The number of nitrogens with one attached hydrogen (secondary N) is 2. The van der Waals surface area contributed by atoms with Crippen LogP contribution in [0.3, 0.4) is 0 Å². The molecule has 0 aliphatic heterocycles.